The molecule has 2 aromatic rings. The number of nitrogens with zero attached hydrogens (tertiary/aromatic N) is 3. The molecule has 7 atom stereocenters. The van der Waals surface area contributed by atoms with E-state index in [-0.39, 0.29) is 47.4 Å². The summed E-state index contributed by atoms with van der Waals surface area (Å²) in [6.45, 7) is 19.0. The van der Waals surface area contributed by atoms with Gasteiger partial charge in [-0.2, -0.15) is 0 Å². The fourth-order valence-electron chi connectivity index (χ4n) is 7.44. The van der Waals surface area contributed by atoms with Gasteiger partial charge in [-0.3, -0.25) is 29.1 Å². The number of phosphoric ester groups is 1. The van der Waals surface area contributed by atoms with Gasteiger partial charge in [0, 0.05) is 37.0 Å². The van der Waals surface area contributed by atoms with E-state index in [1.807, 2.05) is 43.1 Å². The number of aromatic nitrogens is 1. The van der Waals surface area contributed by atoms with Crippen molar-refractivity contribution in [3.8, 4) is 5.75 Å². The Morgan fingerprint density at radius 3 is 2.42 bits per heavy atom. The van der Waals surface area contributed by atoms with Gasteiger partial charge in [-0.25, -0.2) is 9.55 Å². The monoisotopic (exact) mass is 805 g/mol. The Hall–Kier alpha value is -3.13. The second-order valence-corrected chi connectivity index (χ2v) is 17.9. The van der Waals surface area contributed by atoms with Crippen LogP contribution in [0.5, 0.6) is 5.75 Å². The van der Waals surface area contributed by atoms with E-state index in [2.05, 4.69) is 38.0 Å². The molecule has 1 fully saturated rings. The Bertz CT molecular complexity index is 1670. The lowest BCUT2D eigenvalue weighted by Gasteiger charge is -2.43. The standard InChI is InChI=1S/C40H64N5O8PS/c1-11-26(5)35(43-39(49)40(12-2)17-13-14-18-44(40)9)37(46)45(10)33(25(3)4)21-28(7)36-42-32(24-55-36)23-41-31(20-29(8)38(47)48)22-30-15-16-34(27(6)19-30)53-54(50,51)52/h12,15-16,19,24-26,28-29,31,33,35,41H,2,11,13-14,17-18,20-23H2,1,3-10H3,(H,43,49)(H,47,48)(H2,50,51,52)/t26-,28+,29?,31+,33+,35-,40?/m0/s1. The maximum Gasteiger partial charge on any atom is 0.524 e. The van der Waals surface area contributed by atoms with Crippen LogP contribution in [0.4, 0.5) is 0 Å². The quantitative estimate of drug-likeness (QED) is 0.0708. The van der Waals surface area contributed by atoms with Crippen LogP contribution in [0.2, 0.25) is 0 Å². The van der Waals surface area contributed by atoms with Crippen LogP contribution in [0.3, 0.4) is 0 Å². The highest BCUT2D eigenvalue weighted by Crippen LogP contribution is 2.39. The fourth-order valence-corrected chi connectivity index (χ4v) is 8.80. The number of rotatable bonds is 21. The van der Waals surface area contributed by atoms with Gasteiger partial charge in [0.25, 0.3) is 0 Å². The molecule has 5 N–H and O–H groups in total. The molecule has 3 rings (SSSR count). The van der Waals surface area contributed by atoms with Crippen LogP contribution in [-0.4, -0.2) is 91.8 Å². The Balaban J connectivity index is 1.72. The summed E-state index contributed by atoms with van der Waals surface area (Å²) < 4.78 is 16.1. The Morgan fingerprint density at radius 1 is 1.16 bits per heavy atom. The summed E-state index contributed by atoms with van der Waals surface area (Å²) >= 11 is 1.56. The van der Waals surface area contributed by atoms with Crippen molar-refractivity contribution < 1.29 is 38.4 Å². The van der Waals surface area contributed by atoms with Crippen LogP contribution in [0.15, 0.2) is 36.2 Å². The number of aliphatic carboxylic acids is 1. The zero-order valence-electron chi connectivity index (χ0n) is 34.1. The average Bonchev–Trinajstić information content (AvgIpc) is 3.61. The van der Waals surface area contributed by atoms with E-state index in [9.17, 15) is 33.8 Å². The minimum Gasteiger partial charge on any atom is -0.481 e. The van der Waals surface area contributed by atoms with Crippen LogP contribution >= 0.6 is 19.2 Å². The molecule has 0 radical (unpaired) electrons. The van der Waals surface area contributed by atoms with Gasteiger partial charge in [0.2, 0.25) is 11.8 Å². The smallest absolute Gasteiger partial charge is 0.481 e. The number of phosphoric acid groups is 1. The summed E-state index contributed by atoms with van der Waals surface area (Å²) in [5.41, 5.74) is 1.42. The lowest BCUT2D eigenvalue weighted by Crippen LogP contribution is -2.63. The van der Waals surface area contributed by atoms with E-state index in [0.29, 0.717) is 37.8 Å². The molecule has 308 valence electrons. The van der Waals surface area contributed by atoms with Crippen LogP contribution in [0, 0.1) is 24.7 Å². The lowest BCUT2D eigenvalue weighted by atomic mass is 9.85. The normalized spacial score (nSPS) is 19.9. The second-order valence-electron chi connectivity index (χ2n) is 15.9. The van der Waals surface area contributed by atoms with Gasteiger partial charge in [0.15, 0.2) is 0 Å². The van der Waals surface area contributed by atoms with E-state index in [1.165, 1.54) is 6.07 Å². The third-order valence-corrected chi connectivity index (χ3v) is 12.8. The highest BCUT2D eigenvalue weighted by Gasteiger charge is 2.44. The van der Waals surface area contributed by atoms with Gasteiger partial charge in [-0.15, -0.1) is 17.9 Å². The summed E-state index contributed by atoms with van der Waals surface area (Å²) in [5.74, 6) is -1.55. The van der Waals surface area contributed by atoms with Gasteiger partial charge in [0.05, 0.1) is 16.6 Å². The van der Waals surface area contributed by atoms with Crippen molar-refractivity contribution >= 4 is 36.9 Å². The minimum atomic E-state index is -4.70. The second kappa shape index (κ2) is 20.3. The molecular formula is C40H64N5O8PS. The summed E-state index contributed by atoms with van der Waals surface area (Å²) in [6.07, 6.45) is 6.61. The van der Waals surface area contributed by atoms with E-state index >= 15 is 0 Å². The third kappa shape index (κ3) is 12.7. The van der Waals surface area contributed by atoms with Crippen molar-refractivity contribution in [3.63, 3.8) is 0 Å². The first-order valence-corrected chi connectivity index (χ1v) is 21.8. The molecule has 1 aromatic heterocycles. The predicted molar refractivity (Wildman–Crippen MR) is 217 cm³/mol. The first-order chi connectivity index (χ1) is 25.7. The van der Waals surface area contributed by atoms with E-state index < -0.39 is 31.3 Å². The maximum atomic E-state index is 14.3. The molecule has 2 amide bonds. The molecule has 55 heavy (non-hydrogen) atoms. The van der Waals surface area contributed by atoms with Crippen molar-refractivity contribution in [2.45, 2.75) is 130 Å². The number of likely N-dealkylation sites (tertiary alicyclic amines) is 1. The van der Waals surface area contributed by atoms with Crippen LogP contribution in [-0.2, 0) is 31.9 Å². The molecule has 0 saturated carbocycles. The molecule has 13 nitrogen and oxygen atoms in total. The van der Waals surface area contributed by atoms with Crippen molar-refractivity contribution in [1.82, 2.24) is 25.4 Å². The average molecular weight is 806 g/mol. The zero-order valence-corrected chi connectivity index (χ0v) is 35.8. The van der Waals surface area contributed by atoms with Gasteiger partial charge < -0.3 is 25.2 Å². The number of carbonyl (C=O) groups is 3. The highest BCUT2D eigenvalue weighted by molar-refractivity contribution is 7.46. The summed E-state index contributed by atoms with van der Waals surface area (Å²) in [7, 11) is -0.918. The number of nitrogens with one attached hydrogen (secondary N) is 2. The number of carboxylic acid groups (broad SMARTS) is 1. The molecule has 0 bridgehead atoms. The Labute approximate surface area is 331 Å². The Morgan fingerprint density at radius 2 is 1.85 bits per heavy atom. The van der Waals surface area contributed by atoms with Gasteiger partial charge in [-0.05, 0) is 88.1 Å². The molecule has 0 spiro atoms. The van der Waals surface area contributed by atoms with E-state index in [0.717, 1.165) is 42.1 Å². The zero-order chi connectivity index (χ0) is 41.2. The molecule has 0 aliphatic carbocycles. The molecule has 1 saturated heterocycles. The van der Waals surface area contributed by atoms with Crippen molar-refractivity contribution in [2.24, 2.45) is 17.8 Å². The third-order valence-electron chi connectivity index (χ3n) is 11.3. The number of aryl methyl sites for hydroxylation is 1. The number of piperidine rings is 1. The SMILES string of the molecule is C=CC1(C(=O)N[C@H](C(=O)N(C)[C@H](C[C@@H](C)c2nc(CN[C@@H](Cc3ccc(OP(=O)(O)O)c(C)c3)CC(C)C(=O)O)cs2)C(C)C)[C@@H](C)CC)CCCCN1C. The largest absolute Gasteiger partial charge is 0.524 e. The molecular weight excluding hydrogens is 742 g/mol. The first-order valence-electron chi connectivity index (χ1n) is 19.4. The van der Waals surface area contributed by atoms with E-state index in [1.54, 1.807) is 43.4 Å². The molecule has 15 heteroatoms. The molecule has 1 aliphatic rings. The Kier molecular flexibility index (Phi) is 17.1. The minimum absolute atomic E-state index is 0.0395. The summed E-state index contributed by atoms with van der Waals surface area (Å²) in [4.78, 5) is 67.1. The van der Waals surface area contributed by atoms with Crippen LogP contribution < -0.4 is 15.2 Å². The summed E-state index contributed by atoms with van der Waals surface area (Å²) in [6, 6.07) is 4.03. The molecule has 1 aliphatic heterocycles. The topological polar surface area (TPSA) is 182 Å². The number of hydrogen-bond acceptors (Lipinski definition) is 9. The number of carbonyl (C=O) groups excluding carboxylic acids is 2. The van der Waals surface area contributed by atoms with Crippen molar-refractivity contribution in [3.05, 3.63) is 58.1 Å². The predicted octanol–water partition coefficient (Wildman–Crippen LogP) is 6.28. The van der Waals surface area contributed by atoms with Crippen LogP contribution in [0.25, 0.3) is 0 Å². The maximum absolute atomic E-state index is 14.3. The van der Waals surface area contributed by atoms with Crippen LogP contribution in [0.1, 0.15) is 108 Å². The number of thiazole rings is 1. The van der Waals surface area contributed by atoms with E-state index in [4.69, 9.17) is 9.51 Å². The van der Waals surface area contributed by atoms with Gasteiger partial charge >= 0.3 is 13.8 Å². The lowest BCUT2D eigenvalue weighted by molar-refractivity contribution is -0.142. The fraction of sp³-hybridized carbons (Fsp3) is 0.650. The van der Waals surface area contributed by atoms with Crippen molar-refractivity contribution in [1.29, 1.82) is 0 Å². The number of amides is 2. The number of likely N-dealkylation sites (N-methyl/N-ethyl adjacent to an activating group) is 2. The molecule has 1 aromatic carbocycles. The number of carboxylic acids is 1. The van der Waals surface area contributed by atoms with Crippen molar-refractivity contribution in [2.75, 3.05) is 20.6 Å². The highest BCUT2D eigenvalue weighted by atomic mass is 32.1. The first kappa shape index (κ1) is 46.3. The summed E-state index contributed by atoms with van der Waals surface area (Å²) in [5, 5.41) is 19.2. The number of hydrogen-bond donors (Lipinski definition) is 5. The number of benzene rings is 1. The van der Waals surface area contributed by atoms with Gasteiger partial charge in [-0.1, -0.05) is 66.2 Å². The molecule has 2 heterocycles. The molecule has 2 unspecified atom stereocenters. The van der Waals surface area contributed by atoms with Gasteiger partial charge in [0.1, 0.15) is 17.3 Å².